The lowest BCUT2D eigenvalue weighted by molar-refractivity contribution is -0.384. The van der Waals surface area contributed by atoms with Crippen LogP contribution in [-0.4, -0.2) is 25.1 Å². The molecule has 0 spiro atoms. The van der Waals surface area contributed by atoms with E-state index in [-0.39, 0.29) is 16.5 Å². The third-order valence-corrected chi connectivity index (χ3v) is 4.23. The van der Waals surface area contributed by atoms with Gasteiger partial charge in [0.25, 0.3) is 11.6 Å². The number of nitro groups is 1. The van der Waals surface area contributed by atoms with Gasteiger partial charge in [-0.2, -0.15) is 0 Å². The van der Waals surface area contributed by atoms with Gasteiger partial charge in [0.2, 0.25) is 0 Å². The Morgan fingerprint density at radius 2 is 1.89 bits per heavy atom. The molecule has 0 saturated carbocycles. The number of non-ortho nitro benzene ring substituents is 1. The monoisotopic (exact) mass is 402 g/mol. The summed E-state index contributed by atoms with van der Waals surface area (Å²) in [6.45, 7) is 0. The number of carbonyl (C=O) groups excluding carboxylic acids is 1. The Bertz CT molecular complexity index is 1050. The van der Waals surface area contributed by atoms with Gasteiger partial charge < -0.3 is 19.2 Å². The minimum absolute atomic E-state index is 0.0364. The third-order valence-electron chi connectivity index (χ3n) is 3.91. The number of rotatable bonds is 6. The van der Waals surface area contributed by atoms with Crippen LogP contribution in [0.1, 0.15) is 10.6 Å². The summed E-state index contributed by atoms with van der Waals surface area (Å²) in [5.41, 5.74) is 0.715. The lowest BCUT2D eigenvalue weighted by Crippen LogP contribution is -2.11. The SMILES string of the molecule is COc1ccc(OC)c(NC(=O)c2ccc(-c3ccc([N+](=O)[O-])cc3Cl)o2)c1. The van der Waals surface area contributed by atoms with E-state index in [1.807, 2.05) is 0 Å². The topological polar surface area (TPSA) is 104 Å². The van der Waals surface area contributed by atoms with E-state index in [2.05, 4.69) is 5.32 Å². The number of anilines is 1. The Morgan fingerprint density at radius 3 is 2.54 bits per heavy atom. The van der Waals surface area contributed by atoms with Gasteiger partial charge in [-0.25, -0.2) is 0 Å². The molecule has 1 N–H and O–H groups in total. The second-order valence-corrected chi connectivity index (χ2v) is 6.01. The zero-order valence-electron chi connectivity index (χ0n) is 14.9. The van der Waals surface area contributed by atoms with Gasteiger partial charge in [0.05, 0.1) is 29.9 Å². The van der Waals surface area contributed by atoms with Gasteiger partial charge in [0.1, 0.15) is 17.3 Å². The predicted octanol–water partition coefficient (Wildman–Crippen LogP) is 4.78. The molecule has 2 aromatic carbocycles. The number of carbonyl (C=O) groups is 1. The minimum atomic E-state index is -0.543. The molecule has 0 bridgehead atoms. The first kappa shape index (κ1) is 19.2. The molecule has 28 heavy (non-hydrogen) atoms. The van der Waals surface area contributed by atoms with Crippen molar-refractivity contribution in [2.24, 2.45) is 0 Å². The molecule has 0 fully saturated rings. The Balaban J connectivity index is 1.84. The van der Waals surface area contributed by atoms with Crippen LogP contribution in [0.25, 0.3) is 11.3 Å². The Morgan fingerprint density at radius 1 is 1.11 bits per heavy atom. The standard InChI is InChI=1S/C19H15ClN2O6/c1-26-12-4-6-17(27-2)15(10-12)21-19(23)18-8-7-16(28-18)13-5-3-11(22(24)25)9-14(13)20/h3-10H,1-2H3,(H,21,23). The maximum atomic E-state index is 12.5. The number of halogens is 1. The van der Waals surface area contributed by atoms with Gasteiger partial charge in [-0.05, 0) is 30.3 Å². The maximum Gasteiger partial charge on any atom is 0.291 e. The van der Waals surface area contributed by atoms with E-state index in [0.717, 1.165) is 0 Å². The Kier molecular flexibility index (Phi) is 5.51. The van der Waals surface area contributed by atoms with Crippen LogP contribution in [0.4, 0.5) is 11.4 Å². The third kappa shape index (κ3) is 3.91. The zero-order valence-corrected chi connectivity index (χ0v) is 15.6. The maximum absolute atomic E-state index is 12.5. The number of hydrogen-bond acceptors (Lipinski definition) is 6. The van der Waals surface area contributed by atoms with Crippen LogP contribution < -0.4 is 14.8 Å². The van der Waals surface area contributed by atoms with E-state index in [4.69, 9.17) is 25.5 Å². The fraction of sp³-hybridized carbons (Fsp3) is 0.105. The molecule has 144 valence electrons. The first-order chi connectivity index (χ1) is 13.4. The minimum Gasteiger partial charge on any atom is -0.497 e. The van der Waals surface area contributed by atoms with Gasteiger partial charge >= 0.3 is 0 Å². The average Bonchev–Trinajstić information content (AvgIpc) is 3.17. The van der Waals surface area contributed by atoms with Gasteiger partial charge in [-0.15, -0.1) is 0 Å². The summed E-state index contributed by atoms with van der Waals surface area (Å²) in [7, 11) is 3.00. The largest absolute Gasteiger partial charge is 0.497 e. The number of amides is 1. The van der Waals surface area contributed by atoms with Gasteiger partial charge in [0.15, 0.2) is 5.76 Å². The van der Waals surface area contributed by atoms with Crippen molar-refractivity contribution in [2.45, 2.75) is 0 Å². The molecular formula is C19H15ClN2O6. The number of hydrogen-bond donors (Lipinski definition) is 1. The van der Waals surface area contributed by atoms with Crippen molar-refractivity contribution < 1.29 is 23.6 Å². The van der Waals surface area contributed by atoms with E-state index in [1.54, 1.807) is 24.3 Å². The summed E-state index contributed by atoms with van der Waals surface area (Å²) in [5.74, 6) is 0.848. The van der Waals surface area contributed by atoms with Crippen LogP contribution in [0.5, 0.6) is 11.5 Å². The second kappa shape index (κ2) is 8.01. The van der Waals surface area contributed by atoms with Crippen LogP contribution in [-0.2, 0) is 0 Å². The molecule has 1 amide bonds. The van der Waals surface area contributed by atoms with Crippen molar-refractivity contribution in [3.63, 3.8) is 0 Å². The van der Waals surface area contributed by atoms with E-state index in [9.17, 15) is 14.9 Å². The van der Waals surface area contributed by atoms with Gasteiger partial charge in [-0.3, -0.25) is 14.9 Å². The van der Waals surface area contributed by atoms with Crippen molar-refractivity contribution in [1.82, 2.24) is 0 Å². The summed E-state index contributed by atoms with van der Waals surface area (Å²) in [6.07, 6.45) is 0. The highest BCUT2D eigenvalue weighted by molar-refractivity contribution is 6.33. The number of ether oxygens (including phenoxy) is 2. The van der Waals surface area contributed by atoms with E-state index >= 15 is 0 Å². The molecule has 1 aromatic heterocycles. The van der Waals surface area contributed by atoms with Crippen LogP contribution in [0.2, 0.25) is 5.02 Å². The van der Waals surface area contributed by atoms with Crippen LogP contribution in [0.15, 0.2) is 52.9 Å². The first-order valence-corrected chi connectivity index (χ1v) is 8.38. The second-order valence-electron chi connectivity index (χ2n) is 5.61. The van der Waals surface area contributed by atoms with E-state index in [0.29, 0.717) is 28.5 Å². The lowest BCUT2D eigenvalue weighted by atomic mass is 10.1. The molecule has 0 unspecified atom stereocenters. The number of furan rings is 1. The molecule has 1 heterocycles. The van der Waals surface area contributed by atoms with Crippen molar-refractivity contribution >= 4 is 28.9 Å². The molecule has 9 heteroatoms. The summed E-state index contributed by atoms with van der Waals surface area (Å²) in [4.78, 5) is 22.8. The van der Waals surface area contributed by atoms with E-state index < -0.39 is 10.8 Å². The highest BCUT2D eigenvalue weighted by atomic mass is 35.5. The van der Waals surface area contributed by atoms with Crippen molar-refractivity contribution in [1.29, 1.82) is 0 Å². The van der Waals surface area contributed by atoms with Gasteiger partial charge in [0, 0.05) is 23.8 Å². The van der Waals surface area contributed by atoms with Crippen LogP contribution >= 0.6 is 11.6 Å². The van der Waals surface area contributed by atoms with Crippen molar-refractivity contribution in [3.05, 3.63) is 69.4 Å². The fourth-order valence-electron chi connectivity index (χ4n) is 2.52. The fourth-order valence-corrected chi connectivity index (χ4v) is 2.79. The Labute approximate surface area is 164 Å². The molecule has 0 atom stereocenters. The van der Waals surface area contributed by atoms with E-state index in [1.165, 1.54) is 38.5 Å². The molecule has 0 aliphatic carbocycles. The number of methoxy groups -OCH3 is 2. The quantitative estimate of drug-likeness (QED) is 0.470. The highest BCUT2D eigenvalue weighted by Crippen LogP contribution is 2.33. The molecule has 8 nitrogen and oxygen atoms in total. The van der Waals surface area contributed by atoms with Crippen LogP contribution in [0.3, 0.4) is 0 Å². The number of nitrogens with one attached hydrogen (secondary N) is 1. The number of nitro benzene ring substituents is 1. The van der Waals surface area contributed by atoms with Crippen molar-refractivity contribution in [2.75, 3.05) is 19.5 Å². The predicted molar refractivity (Wildman–Crippen MR) is 103 cm³/mol. The summed E-state index contributed by atoms with van der Waals surface area (Å²) in [6, 6.07) is 12.0. The molecule has 3 rings (SSSR count). The normalized spacial score (nSPS) is 10.4. The molecule has 0 aliphatic heterocycles. The number of nitrogens with zero attached hydrogens (tertiary/aromatic N) is 1. The smallest absolute Gasteiger partial charge is 0.291 e. The Hall–Kier alpha value is -3.52. The summed E-state index contributed by atoms with van der Waals surface area (Å²) in [5, 5.41) is 13.7. The molecule has 0 radical (unpaired) electrons. The average molecular weight is 403 g/mol. The molecule has 0 saturated heterocycles. The molecular weight excluding hydrogens is 388 g/mol. The summed E-state index contributed by atoms with van der Waals surface area (Å²) >= 11 is 6.10. The summed E-state index contributed by atoms with van der Waals surface area (Å²) < 4.78 is 16.0. The highest BCUT2D eigenvalue weighted by Gasteiger charge is 2.18. The zero-order chi connectivity index (χ0) is 20.3. The van der Waals surface area contributed by atoms with Crippen molar-refractivity contribution in [3.8, 4) is 22.8 Å². The molecule has 0 aliphatic rings. The van der Waals surface area contributed by atoms with Gasteiger partial charge in [-0.1, -0.05) is 11.6 Å². The molecule has 3 aromatic rings. The number of benzene rings is 2. The lowest BCUT2D eigenvalue weighted by Gasteiger charge is -2.10. The first-order valence-electron chi connectivity index (χ1n) is 8.00. The van der Waals surface area contributed by atoms with Crippen LogP contribution in [0, 0.1) is 10.1 Å².